The van der Waals surface area contributed by atoms with Crippen LogP contribution in [-0.4, -0.2) is 50.4 Å². The highest BCUT2D eigenvalue weighted by molar-refractivity contribution is 5.95. The molecule has 150 valence electrons. The lowest BCUT2D eigenvalue weighted by Crippen LogP contribution is -2.38. The number of amides is 1. The van der Waals surface area contributed by atoms with E-state index in [4.69, 9.17) is 18.7 Å². The van der Waals surface area contributed by atoms with Crippen LogP contribution in [0.4, 0.5) is 0 Å². The summed E-state index contributed by atoms with van der Waals surface area (Å²) in [5.41, 5.74) is 2.98. The average Bonchev–Trinajstić information content (AvgIpc) is 3.36. The Hall–Kier alpha value is -2.70. The first kappa shape index (κ1) is 18.7. The van der Waals surface area contributed by atoms with Gasteiger partial charge in [0, 0.05) is 30.1 Å². The molecular formula is C21H26N2O5. The lowest BCUT2D eigenvalue weighted by Gasteiger charge is -2.31. The molecule has 1 aromatic carbocycles. The van der Waals surface area contributed by atoms with Crippen molar-refractivity contribution in [1.29, 1.82) is 0 Å². The molecule has 1 amide bonds. The molecule has 1 saturated heterocycles. The Morgan fingerprint density at radius 1 is 1.07 bits per heavy atom. The monoisotopic (exact) mass is 386 g/mol. The number of nitrogens with zero attached hydrogens (tertiary/aromatic N) is 2. The molecule has 1 aliphatic heterocycles. The minimum Gasteiger partial charge on any atom is -0.493 e. The summed E-state index contributed by atoms with van der Waals surface area (Å²) in [5, 5.41) is 4.23. The number of carbonyl (C=O) groups is 1. The van der Waals surface area contributed by atoms with Gasteiger partial charge in [0.25, 0.3) is 5.91 Å². The third kappa shape index (κ3) is 3.19. The van der Waals surface area contributed by atoms with E-state index in [1.807, 2.05) is 4.90 Å². The smallest absolute Gasteiger partial charge is 0.254 e. The van der Waals surface area contributed by atoms with Gasteiger partial charge in [-0.15, -0.1) is 0 Å². The van der Waals surface area contributed by atoms with Crippen LogP contribution >= 0.6 is 0 Å². The Labute approximate surface area is 164 Å². The van der Waals surface area contributed by atoms with Gasteiger partial charge in [0.05, 0.1) is 27.0 Å². The summed E-state index contributed by atoms with van der Waals surface area (Å²) in [6.07, 6.45) is 5.03. The highest BCUT2D eigenvalue weighted by Crippen LogP contribution is 2.39. The third-order valence-corrected chi connectivity index (χ3v) is 5.80. The van der Waals surface area contributed by atoms with Crippen LogP contribution in [0.25, 0.3) is 0 Å². The van der Waals surface area contributed by atoms with E-state index in [-0.39, 0.29) is 5.91 Å². The van der Waals surface area contributed by atoms with Crippen molar-refractivity contribution in [2.75, 3.05) is 34.4 Å². The SMILES string of the molecule is COc1cc(C(=O)N2CCC(c3onc4c3CCC4)CC2)cc(OC)c1OC. The fraction of sp³-hybridized carbons (Fsp3) is 0.524. The van der Waals surface area contributed by atoms with Crippen LogP contribution in [-0.2, 0) is 12.8 Å². The molecule has 0 saturated carbocycles. The summed E-state index contributed by atoms with van der Waals surface area (Å²) in [5.74, 6) is 2.82. The van der Waals surface area contributed by atoms with Crippen molar-refractivity contribution in [3.63, 3.8) is 0 Å². The number of rotatable bonds is 5. The predicted octanol–water partition coefficient (Wildman–Crippen LogP) is 3.21. The second kappa shape index (κ2) is 7.73. The normalized spacial score (nSPS) is 16.8. The quantitative estimate of drug-likeness (QED) is 0.786. The second-order valence-corrected chi connectivity index (χ2v) is 7.31. The molecule has 1 aromatic heterocycles. The molecule has 0 spiro atoms. The molecule has 2 aliphatic rings. The minimum atomic E-state index is -0.0273. The van der Waals surface area contributed by atoms with Crippen LogP contribution in [0.3, 0.4) is 0 Å². The Morgan fingerprint density at radius 3 is 2.36 bits per heavy atom. The highest BCUT2D eigenvalue weighted by atomic mass is 16.5. The van der Waals surface area contributed by atoms with Crippen molar-refractivity contribution in [2.45, 2.75) is 38.0 Å². The largest absolute Gasteiger partial charge is 0.493 e. The number of likely N-dealkylation sites (tertiary alicyclic amines) is 1. The molecule has 28 heavy (non-hydrogen) atoms. The Kier molecular flexibility index (Phi) is 5.15. The van der Waals surface area contributed by atoms with E-state index in [1.165, 1.54) is 12.0 Å². The number of ether oxygens (including phenoxy) is 3. The molecule has 7 nitrogen and oxygen atoms in total. The summed E-state index contributed by atoms with van der Waals surface area (Å²) in [6.45, 7) is 1.38. The fourth-order valence-corrected chi connectivity index (χ4v) is 4.31. The number of carbonyl (C=O) groups excluding carboxylic acids is 1. The summed E-state index contributed by atoms with van der Waals surface area (Å²) in [6, 6.07) is 3.41. The van der Waals surface area contributed by atoms with Gasteiger partial charge in [0.1, 0.15) is 5.76 Å². The first-order valence-electron chi connectivity index (χ1n) is 9.72. The molecule has 1 aliphatic carbocycles. The van der Waals surface area contributed by atoms with Crippen molar-refractivity contribution >= 4 is 5.91 Å². The summed E-state index contributed by atoms with van der Waals surface area (Å²) >= 11 is 0. The van der Waals surface area contributed by atoms with Gasteiger partial charge in [-0.25, -0.2) is 0 Å². The molecule has 0 atom stereocenters. The van der Waals surface area contributed by atoms with E-state index in [1.54, 1.807) is 33.5 Å². The van der Waals surface area contributed by atoms with Crippen LogP contribution in [0.1, 0.15) is 52.6 Å². The molecule has 1 fully saturated rings. The molecule has 0 bridgehead atoms. The number of hydrogen-bond donors (Lipinski definition) is 0. The zero-order valence-corrected chi connectivity index (χ0v) is 16.6. The van der Waals surface area contributed by atoms with Crippen molar-refractivity contribution in [2.24, 2.45) is 0 Å². The molecule has 0 N–H and O–H groups in total. The van der Waals surface area contributed by atoms with Gasteiger partial charge in [-0.05, 0) is 44.2 Å². The maximum Gasteiger partial charge on any atom is 0.254 e. The van der Waals surface area contributed by atoms with Crippen molar-refractivity contribution in [3.05, 3.63) is 34.7 Å². The van der Waals surface area contributed by atoms with Crippen molar-refractivity contribution in [3.8, 4) is 17.2 Å². The molecule has 2 aromatic rings. The summed E-state index contributed by atoms with van der Waals surface area (Å²) in [4.78, 5) is 14.9. The number of fused-ring (bicyclic) bond motifs is 1. The van der Waals surface area contributed by atoms with Crippen LogP contribution < -0.4 is 14.2 Å². The van der Waals surface area contributed by atoms with Gasteiger partial charge in [-0.3, -0.25) is 4.79 Å². The standard InChI is InChI=1S/C21H26N2O5/c1-25-17-11-14(12-18(26-2)20(17)27-3)21(24)23-9-7-13(8-10-23)19-15-5-4-6-16(15)22-28-19/h11-13H,4-10H2,1-3H3. The fourth-order valence-electron chi connectivity index (χ4n) is 4.31. The summed E-state index contributed by atoms with van der Waals surface area (Å²) < 4.78 is 21.7. The zero-order valence-electron chi connectivity index (χ0n) is 16.6. The minimum absolute atomic E-state index is 0.0273. The number of aryl methyl sites for hydroxylation is 1. The number of benzene rings is 1. The maximum absolute atomic E-state index is 13.1. The van der Waals surface area contributed by atoms with Crippen LogP contribution in [0.15, 0.2) is 16.7 Å². The number of hydrogen-bond acceptors (Lipinski definition) is 6. The van der Waals surface area contributed by atoms with Crippen LogP contribution in [0.5, 0.6) is 17.2 Å². The first-order valence-corrected chi connectivity index (χ1v) is 9.72. The third-order valence-electron chi connectivity index (χ3n) is 5.80. The van der Waals surface area contributed by atoms with Crippen LogP contribution in [0, 0.1) is 0 Å². The average molecular weight is 386 g/mol. The van der Waals surface area contributed by atoms with E-state index in [2.05, 4.69) is 5.16 Å². The van der Waals surface area contributed by atoms with E-state index in [0.717, 1.165) is 37.1 Å². The lowest BCUT2D eigenvalue weighted by molar-refractivity contribution is 0.0705. The van der Waals surface area contributed by atoms with Gasteiger partial charge in [0.2, 0.25) is 5.75 Å². The molecule has 2 heterocycles. The number of piperidine rings is 1. The first-order chi connectivity index (χ1) is 13.7. The molecule has 0 unspecified atom stereocenters. The van der Waals surface area contributed by atoms with E-state index in [9.17, 15) is 4.79 Å². The van der Waals surface area contributed by atoms with E-state index in [0.29, 0.717) is 41.8 Å². The van der Waals surface area contributed by atoms with E-state index < -0.39 is 0 Å². The molecule has 7 heteroatoms. The molecular weight excluding hydrogens is 360 g/mol. The van der Waals surface area contributed by atoms with Crippen molar-refractivity contribution < 1.29 is 23.5 Å². The van der Waals surface area contributed by atoms with Crippen molar-refractivity contribution in [1.82, 2.24) is 10.1 Å². The molecule has 4 rings (SSSR count). The Morgan fingerprint density at radius 2 is 1.75 bits per heavy atom. The second-order valence-electron chi connectivity index (χ2n) is 7.31. The number of aromatic nitrogens is 1. The topological polar surface area (TPSA) is 74.0 Å². The number of methoxy groups -OCH3 is 3. The zero-order chi connectivity index (χ0) is 19.7. The predicted molar refractivity (Wildman–Crippen MR) is 103 cm³/mol. The van der Waals surface area contributed by atoms with E-state index >= 15 is 0 Å². The highest BCUT2D eigenvalue weighted by Gasteiger charge is 2.31. The Bertz CT molecular complexity index is 843. The van der Waals surface area contributed by atoms with Gasteiger partial charge < -0.3 is 23.6 Å². The lowest BCUT2D eigenvalue weighted by atomic mass is 9.91. The van der Waals surface area contributed by atoms with Gasteiger partial charge >= 0.3 is 0 Å². The van der Waals surface area contributed by atoms with Gasteiger partial charge in [-0.2, -0.15) is 0 Å². The van der Waals surface area contributed by atoms with Crippen LogP contribution in [0.2, 0.25) is 0 Å². The maximum atomic E-state index is 13.1. The summed E-state index contributed by atoms with van der Waals surface area (Å²) in [7, 11) is 4.65. The van der Waals surface area contributed by atoms with Gasteiger partial charge in [0.15, 0.2) is 11.5 Å². The van der Waals surface area contributed by atoms with Gasteiger partial charge in [-0.1, -0.05) is 5.16 Å². The molecule has 0 radical (unpaired) electrons. The Balaban J connectivity index is 1.48.